The van der Waals surface area contributed by atoms with Crippen LogP contribution in [0, 0.1) is 0 Å². The van der Waals surface area contributed by atoms with Crippen molar-refractivity contribution in [2.45, 2.75) is 6.42 Å². The Morgan fingerprint density at radius 1 is 0.952 bits per heavy atom. The summed E-state index contributed by atoms with van der Waals surface area (Å²) in [4.78, 5) is 21.0. The van der Waals surface area contributed by atoms with Gasteiger partial charge in [-0.2, -0.15) is 0 Å². The first-order valence-electron chi connectivity index (χ1n) is 6.32. The third kappa shape index (κ3) is 2.75. The third-order valence-corrected chi connectivity index (χ3v) is 3.91. The molecule has 5 heteroatoms. The first-order valence-corrected chi connectivity index (χ1v) is 7.08. The van der Waals surface area contributed by atoms with Crippen LogP contribution in [-0.4, -0.2) is 15.8 Å². The lowest BCUT2D eigenvalue weighted by Crippen LogP contribution is -2.06. The smallest absolute Gasteiger partial charge is 0.169 e. The van der Waals surface area contributed by atoms with Crippen molar-refractivity contribution in [3.05, 3.63) is 70.0 Å². The summed E-state index contributed by atoms with van der Waals surface area (Å²) in [6.45, 7) is 0. The minimum absolute atomic E-state index is 0.0869. The Hall–Kier alpha value is -1.97. The number of fused-ring (bicyclic) bond motifs is 1. The van der Waals surface area contributed by atoms with E-state index in [1.807, 2.05) is 6.07 Å². The van der Waals surface area contributed by atoms with Crippen LogP contribution in [0.4, 0.5) is 0 Å². The fourth-order valence-electron chi connectivity index (χ4n) is 2.17. The molecule has 0 N–H and O–H groups in total. The van der Waals surface area contributed by atoms with E-state index in [2.05, 4.69) is 9.97 Å². The maximum absolute atomic E-state index is 12.5. The van der Waals surface area contributed by atoms with Crippen LogP contribution in [0.2, 0.25) is 10.0 Å². The van der Waals surface area contributed by atoms with Gasteiger partial charge in [-0.05, 0) is 29.8 Å². The maximum Gasteiger partial charge on any atom is 0.169 e. The predicted octanol–water partition coefficient (Wildman–Crippen LogP) is 4.36. The highest BCUT2D eigenvalue weighted by atomic mass is 35.5. The molecule has 0 amide bonds. The summed E-state index contributed by atoms with van der Waals surface area (Å²) in [6, 6.07) is 10.5. The molecule has 1 aromatic heterocycles. The van der Waals surface area contributed by atoms with Crippen molar-refractivity contribution in [1.29, 1.82) is 0 Å². The summed E-state index contributed by atoms with van der Waals surface area (Å²) in [5.41, 5.74) is 2.44. The molecule has 3 rings (SSSR count). The second kappa shape index (κ2) is 5.80. The third-order valence-electron chi connectivity index (χ3n) is 3.20. The van der Waals surface area contributed by atoms with Gasteiger partial charge in [0.05, 0.1) is 11.0 Å². The molecule has 0 unspecified atom stereocenters. The largest absolute Gasteiger partial charge is 0.294 e. The van der Waals surface area contributed by atoms with Crippen LogP contribution < -0.4 is 0 Å². The molecule has 0 spiro atoms. The minimum atomic E-state index is -0.0869. The Kier molecular flexibility index (Phi) is 3.86. The molecular formula is C16H10Cl2N2O. The van der Waals surface area contributed by atoms with E-state index in [1.165, 1.54) is 0 Å². The number of ketones is 1. The normalized spacial score (nSPS) is 10.8. The van der Waals surface area contributed by atoms with Gasteiger partial charge in [0.15, 0.2) is 5.78 Å². The SMILES string of the molecule is O=C(Cc1c(Cl)cccc1Cl)c1cccc2nccnc12. The van der Waals surface area contributed by atoms with Crippen molar-refractivity contribution >= 4 is 40.0 Å². The zero-order valence-electron chi connectivity index (χ0n) is 10.9. The molecule has 0 bridgehead atoms. The molecule has 0 saturated carbocycles. The summed E-state index contributed by atoms with van der Waals surface area (Å²) < 4.78 is 0. The second-order valence-electron chi connectivity index (χ2n) is 4.53. The van der Waals surface area contributed by atoms with E-state index in [0.717, 1.165) is 0 Å². The number of Topliss-reactive ketones (excluding diaryl/α,β-unsaturated/α-hetero) is 1. The summed E-state index contributed by atoms with van der Waals surface area (Å²) >= 11 is 12.2. The van der Waals surface area contributed by atoms with Crippen molar-refractivity contribution < 1.29 is 4.79 Å². The maximum atomic E-state index is 12.5. The van der Waals surface area contributed by atoms with E-state index < -0.39 is 0 Å². The van der Waals surface area contributed by atoms with E-state index in [-0.39, 0.29) is 12.2 Å². The van der Waals surface area contributed by atoms with Gasteiger partial charge >= 0.3 is 0 Å². The molecular weight excluding hydrogens is 307 g/mol. The first kappa shape index (κ1) is 14.0. The topological polar surface area (TPSA) is 42.9 Å². The lowest BCUT2D eigenvalue weighted by atomic mass is 10.0. The van der Waals surface area contributed by atoms with Crippen LogP contribution >= 0.6 is 23.2 Å². The van der Waals surface area contributed by atoms with Crippen LogP contribution in [0.5, 0.6) is 0 Å². The average molecular weight is 317 g/mol. The molecule has 2 aromatic carbocycles. The van der Waals surface area contributed by atoms with E-state index >= 15 is 0 Å². The van der Waals surface area contributed by atoms with Crippen molar-refractivity contribution in [3.8, 4) is 0 Å². The number of hydrogen-bond acceptors (Lipinski definition) is 3. The van der Waals surface area contributed by atoms with Crippen molar-refractivity contribution in [3.63, 3.8) is 0 Å². The summed E-state index contributed by atoms with van der Waals surface area (Å²) in [5.74, 6) is -0.0869. The van der Waals surface area contributed by atoms with Crippen LogP contribution in [0.15, 0.2) is 48.8 Å². The predicted molar refractivity (Wildman–Crippen MR) is 84.0 cm³/mol. The van der Waals surface area contributed by atoms with Gasteiger partial charge in [0.1, 0.15) is 0 Å². The number of hydrogen-bond donors (Lipinski definition) is 0. The van der Waals surface area contributed by atoms with Gasteiger partial charge in [-0.1, -0.05) is 35.3 Å². The molecule has 0 aliphatic carbocycles. The van der Waals surface area contributed by atoms with Crippen molar-refractivity contribution in [1.82, 2.24) is 9.97 Å². The lowest BCUT2D eigenvalue weighted by Gasteiger charge is -2.07. The monoisotopic (exact) mass is 316 g/mol. The fourth-order valence-corrected chi connectivity index (χ4v) is 2.71. The second-order valence-corrected chi connectivity index (χ2v) is 5.34. The number of rotatable bonds is 3. The molecule has 3 nitrogen and oxygen atoms in total. The molecule has 0 aliphatic rings. The van der Waals surface area contributed by atoms with Gasteiger partial charge in [-0.25, -0.2) is 0 Å². The van der Waals surface area contributed by atoms with Crippen LogP contribution in [0.3, 0.4) is 0 Å². The standard InChI is InChI=1S/C16H10Cl2N2O/c17-12-4-2-5-13(18)11(12)9-15(21)10-3-1-6-14-16(10)20-8-7-19-14/h1-8H,9H2. The Bertz CT molecular complexity index is 808. The molecule has 0 aliphatic heterocycles. The number of nitrogens with zero attached hydrogens (tertiary/aromatic N) is 2. The molecule has 21 heavy (non-hydrogen) atoms. The molecule has 3 aromatic rings. The number of aromatic nitrogens is 2. The van der Waals surface area contributed by atoms with E-state index in [1.54, 1.807) is 42.7 Å². The fraction of sp³-hybridized carbons (Fsp3) is 0.0625. The minimum Gasteiger partial charge on any atom is -0.294 e. The van der Waals surface area contributed by atoms with Gasteiger partial charge in [-0.3, -0.25) is 14.8 Å². The van der Waals surface area contributed by atoms with Crippen molar-refractivity contribution in [2.75, 3.05) is 0 Å². The number of benzene rings is 2. The van der Waals surface area contributed by atoms with Gasteiger partial charge in [0, 0.05) is 34.4 Å². The zero-order valence-corrected chi connectivity index (χ0v) is 12.4. The van der Waals surface area contributed by atoms with Gasteiger partial charge in [0.2, 0.25) is 0 Å². The summed E-state index contributed by atoms with van der Waals surface area (Å²) in [6.07, 6.45) is 3.30. The van der Waals surface area contributed by atoms with E-state index in [4.69, 9.17) is 23.2 Å². The number of para-hydroxylation sites is 1. The zero-order chi connectivity index (χ0) is 14.8. The van der Waals surface area contributed by atoms with Gasteiger partial charge in [0.25, 0.3) is 0 Å². The number of carbonyl (C=O) groups excluding carboxylic acids is 1. The van der Waals surface area contributed by atoms with Crippen LogP contribution in [0.1, 0.15) is 15.9 Å². The molecule has 104 valence electrons. The average Bonchev–Trinajstić information content (AvgIpc) is 2.50. The Morgan fingerprint density at radius 3 is 2.38 bits per heavy atom. The van der Waals surface area contributed by atoms with Crippen molar-refractivity contribution in [2.24, 2.45) is 0 Å². The molecule has 0 fully saturated rings. The molecule has 0 atom stereocenters. The Balaban J connectivity index is 2.02. The summed E-state index contributed by atoms with van der Waals surface area (Å²) in [5, 5.41) is 0.976. The molecule has 0 saturated heterocycles. The number of halogens is 2. The molecule has 0 radical (unpaired) electrons. The summed E-state index contributed by atoms with van der Waals surface area (Å²) in [7, 11) is 0. The van der Waals surface area contributed by atoms with Gasteiger partial charge in [-0.15, -0.1) is 0 Å². The van der Waals surface area contributed by atoms with Gasteiger partial charge < -0.3 is 0 Å². The highest BCUT2D eigenvalue weighted by Crippen LogP contribution is 2.26. The van der Waals surface area contributed by atoms with Crippen LogP contribution in [0.25, 0.3) is 11.0 Å². The highest BCUT2D eigenvalue weighted by molar-refractivity contribution is 6.36. The van der Waals surface area contributed by atoms with Crippen LogP contribution in [-0.2, 0) is 6.42 Å². The van der Waals surface area contributed by atoms with E-state index in [0.29, 0.717) is 32.2 Å². The Labute approximate surface area is 131 Å². The number of carbonyl (C=O) groups is 1. The quantitative estimate of drug-likeness (QED) is 0.674. The highest BCUT2D eigenvalue weighted by Gasteiger charge is 2.15. The molecule has 1 heterocycles. The van der Waals surface area contributed by atoms with E-state index in [9.17, 15) is 4.79 Å². The first-order chi connectivity index (χ1) is 10.2. The Morgan fingerprint density at radius 2 is 1.62 bits per heavy atom. The lowest BCUT2D eigenvalue weighted by molar-refractivity contribution is 0.0994.